The van der Waals surface area contributed by atoms with E-state index in [1.165, 1.54) is 87.6 Å². The normalized spacial score (nSPS) is 15.9. The molecule has 5 rings (SSSR count). The van der Waals surface area contributed by atoms with Crippen LogP contribution in [0.25, 0.3) is 11.1 Å². The summed E-state index contributed by atoms with van der Waals surface area (Å²) in [6, 6.07) is 16.5. The van der Waals surface area contributed by atoms with E-state index in [0.717, 1.165) is 46.4 Å². The SMILES string of the molecule is CC(C)CC(NC(=O)C(C)N(C)C(=O)OCC1c2ccccc2-c2ccccc21)C(=O)N(C)CC(=O)N(C)C(C)C(=O)NC(CC(C)C)C(=O)N(C)C(Cc1ccccc1)C(=O)NC(C)C(=O)N(C)C(C(=O)N(C)C(C)CC(=O)O)C1CCCCC1. The Morgan fingerprint density at radius 3 is 1.57 bits per heavy atom. The van der Waals surface area contributed by atoms with Gasteiger partial charge in [-0.05, 0) is 98.9 Å². The Morgan fingerprint density at radius 1 is 0.547 bits per heavy atom. The monoisotopic (exact) mass is 1190 g/mol. The number of amides is 9. The van der Waals surface area contributed by atoms with Crippen LogP contribution in [0.15, 0.2) is 78.9 Å². The van der Waals surface area contributed by atoms with Crippen LogP contribution in [-0.2, 0) is 54.3 Å². The average molecular weight is 1190 g/mol. The van der Waals surface area contributed by atoms with Gasteiger partial charge in [-0.1, -0.05) is 126 Å². The molecule has 0 radical (unpaired) electrons. The van der Waals surface area contributed by atoms with E-state index in [4.69, 9.17) is 4.74 Å². The van der Waals surface area contributed by atoms with Gasteiger partial charge in [0.1, 0.15) is 48.9 Å². The number of fused-ring (bicyclic) bond motifs is 3. The van der Waals surface area contributed by atoms with Gasteiger partial charge in [0.15, 0.2) is 0 Å². The van der Waals surface area contributed by atoms with E-state index in [1.807, 2.05) is 82.3 Å². The Morgan fingerprint density at radius 2 is 1.05 bits per heavy atom. The second kappa shape index (κ2) is 31.5. The Labute approximate surface area is 507 Å². The van der Waals surface area contributed by atoms with E-state index < -0.39 is 114 Å². The Balaban J connectivity index is 1.23. The van der Waals surface area contributed by atoms with E-state index in [0.29, 0.717) is 18.4 Å². The third kappa shape index (κ3) is 17.9. The molecule has 470 valence electrons. The Hall–Kier alpha value is -7.84. The number of likely N-dealkylation sites (N-methyl/N-ethyl adjacent to an activating group) is 6. The fourth-order valence-electron chi connectivity index (χ4n) is 11.5. The van der Waals surface area contributed by atoms with Crippen molar-refractivity contribution in [2.75, 3.05) is 55.4 Å². The quantitative estimate of drug-likeness (QED) is 0.0661. The summed E-state index contributed by atoms with van der Waals surface area (Å²) >= 11 is 0. The molecule has 0 bridgehead atoms. The summed E-state index contributed by atoms with van der Waals surface area (Å²) in [5.41, 5.74) is 4.93. The Bertz CT molecular complexity index is 2830. The van der Waals surface area contributed by atoms with Crippen LogP contribution in [0.4, 0.5) is 4.79 Å². The van der Waals surface area contributed by atoms with Crippen LogP contribution in [0, 0.1) is 17.8 Å². The van der Waals surface area contributed by atoms with Gasteiger partial charge in [-0.2, -0.15) is 0 Å². The van der Waals surface area contributed by atoms with Crippen LogP contribution in [-0.4, -0.2) is 198 Å². The smallest absolute Gasteiger partial charge is 0.410 e. The lowest BCUT2D eigenvalue weighted by molar-refractivity contribution is -0.150. The first-order valence-electron chi connectivity index (χ1n) is 30.1. The summed E-state index contributed by atoms with van der Waals surface area (Å²) in [5.74, 6) is -6.34. The van der Waals surface area contributed by atoms with Gasteiger partial charge in [-0.25, -0.2) is 4.79 Å². The molecule has 1 fully saturated rings. The molecular formula is C65H93N9O12. The number of carbonyl (C=O) groups is 10. The van der Waals surface area contributed by atoms with Crippen LogP contribution >= 0.6 is 0 Å². The summed E-state index contributed by atoms with van der Waals surface area (Å²) in [6.07, 6.45) is 3.49. The maximum absolute atomic E-state index is 14.7. The molecule has 0 spiro atoms. The van der Waals surface area contributed by atoms with E-state index in [1.54, 1.807) is 31.2 Å². The second-order valence-corrected chi connectivity index (χ2v) is 24.4. The van der Waals surface area contributed by atoms with Crippen LogP contribution < -0.4 is 16.0 Å². The molecule has 2 aliphatic rings. The molecule has 21 heteroatoms. The van der Waals surface area contributed by atoms with Crippen molar-refractivity contribution in [3.05, 3.63) is 95.6 Å². The fourth-order valence-corrected chi connectivity index (χ4v) is 11.5. The van der Waals surface area contributed by atoms with Gasteiger partial charge < -0.3 is 50.3 Å². The number of aliphatic carboxylic acids is 1. The van der Waals surface area contributed by atoms with E-state index in [-0.39, 0.29) is 56.0 Å². The first kappa shape index (κ1) is 68.9. The number of nitrogens with zero attached hydrogens (tertiary/aromatic N) is 6. The van der Waals surface area contributed by atoms with E-state index in [9.17, 15) is 53.1 Å². The maximum Gasteiger partial charge on any atom is 0.410 e. The van der Waals surface area contributed by atoms with Gasteiger partial charge in [0.05, 0.1) is 13.0 Å². The fraction of sp³-hybridized carbons (Fsp3) is 0.569. The number of nitrogens with one attached hydrogen (secondary N) is 3. The summed E-state index contributed by atoms with van der Waals surface area (Å²) in [5, 5.41) is 17.9. The third-order valence-corrected chi connectivity index (χ3v) is 17.0. The van der Waals surface area contributed by atoms with E-state index >= 15 is 0 Å². The largest absolute Gasteiger partial charge is 0.481 e. The highest BCUT2D eigenvalue weighted by molar-refractivity contribution is 5.97. The van der Waals surface area contributed by atoms with Crippen molar-refractivity contribution in [3.63, 3.8) is 0 Å². The lowest BCUT2D eigenvalue weighted by Crippen LogP contribution is -2.60. The number of rotatable bonds is 28. The molecule has 2 aliphatic carbocycles. The summed E-state index contributed by atoms with van der Waals surface area (Å²) in [6.45, 7) is 13.2. The standard InChI is InChI=1S/C65H93N9O12/c1-39(2)33-52(67-59(79)44(8)72(12)65(85)86-38-51-49-31-23-21-29-47(49)48-30-22-24-32-50(48)51)62(82)69(9)37-55(75)71(11)43(7)58(78)68-53(34-40(3)4)63(83)73(13)54(36-45-25-17-15-18-26-45)60(80)66-42(6)61(81)74(14)57(46-27-19-16-20-28-46)64(84)70(10)41(5)35-56(76)77/h15,17-18,21-26,29-32,39-44,46,51-54,57H,16,19-20,27-28,33-38H2,1-14H3,(H,66,80)(H,67,79)(H,68,78)(H,76,77). The molecule has 8 unspecified atom stereocenters. The molecular weight excluding hydrogens is 1100 g/mol. The second-order valence-electron chi connectivity index (χ2n) is 24.4. The molecule has 86 heavy (non-hydrogen) atoms. The topological polar surface area (TPSA) is 256 Å². The lowest BCUT2D eigenvalue weighted by atomic mass is 9.82. The maximum atomic E-state index is 14.7. The zero-order valence-electron chi connectivity index (χ0n) is 52.8. The highest BCUT2D eigenvalue weighted by Gasteiger charge is 2.42. The molecule has 3 aromatic rings. The van der Waals surface area contributed by atoms with Crippen LogP contribution in [0.3, 0.4) is 0 Å². The molecule has 0 heterocycles. The summed E-state index contributed by atoms with van der Waals surface area (Å²) in [7, 11) is 8.76. The van der Waals surface area contributed by atoms with Gasteiger partial charge in [-0.3, -0.25) is 48.1 Å². The predicted molar refractivity (Wildman–Crippen MR) is 327 cm³/mol. The van der Waals surface area contributed by atoms with Crippen molar-refractivity contribution in [1.29, 1.82) is 0 Å². The zero-order chi connectivity index (χ0) is 63.9. The predicted octanol–water partition coefficient (Wildman–Crippen LogP) is 5.93. The van der Waals surface area contributed by atoms with Crippen molar-refractivity contribution in [2.45, 2.75) is 167 Å². The molecule has 9 amide bonds. The number of benzene rings is 3. The Kier molecular flexibility index (Phi) is 25.3. The van der Waals surface area contributed by atoms with Gasteiger partial charge in [0.25, 0.3) is 0 Å². The van der Waals surface area contributed by atoms with Crippen molar-refractivity contribution < 1.29 is 57.8 Å². The third-order valence-electron chi connectivity index (χ3n) is 17.0. The zero-order valence-corrected chi connectivity index (χ0v) is 52.8. The minimum absolute atomic E-state index is 0.0302. The van der Waals surface area contributed by atoms with Crippen molar-refractivity contribution in [1.82, 2.24) is 45.3 Å². The van der Waals surface area contributed by atoms with Crippen LogP contribution in [0.2, 0.25) is 0 Å². The molecule has 0 aliphatic heterocycles. The highest BCUT2D eigenvalue weighted by atomic mass is 16.6. The van der Waals surface area contributed by atoms with Gasteiger partial charge in [0, 0.05) is 60.7 Å². The lowest BCUT2D eigenvalue weighted by Gasteiger charge is -2.40. The number of hydrogen-bond donors (Lipinski definition) is 4. The number of carboxylic acid groups (broad SMARTS) is 1. The molecule has 4 N–H and O–H groups in total. The van der Waals surface area contributed by atoms with Crippen molar-refractivity contribution >= 4 is 59.3 Å². The van der Waals surface area contributed by atoms with Gasteiger partial charge in [-0.15, -0.1) is 0 Å². The van der Waals surface area contributed by atoms with Crippen molar-refractivity contribution in [2.24, 2.45) is 17.8 Å². The summed E-state index contributed by atoms with van der Waals surface area (Å²) < 4.78 is 5.79. The molecule has 8 atom stereocenters. The van der Waals surface area contributed by atoms with Crippen molar-refractivity contribution in [3.8, 4) is 11.1 Å². The number of carboxylic acids is 1. The minimum atomic E-state index is -1.19. The molecule has 21 nitrogen and oxygen atoms in total. The molecule has 0 saturated heterocycles. The molecule has 3 aromatic carbocycles. The minimum Gasteiger partial charge on any atom is -0.481 e. The first-order chi connectivity index (χ1) is 40.5. The molecule has 0 aromatic heterocycles. The number of ether oxygens (including phenoxy) is 1. The highest BCUT2D eigenvalue weighted by Crippen LogP contribution is 2.44. The van der Waals surface area contributed by atoms with E-state index in [2.05, 4.69) is 16.0 Å². The first-order valence-corrected chi connectivity index (χ1v) is 30.1. The van der Waals surface area contributed by atoms with Gasteiger partial charge >= 0.3 is 12.1 Å². The molecule has 1 saturated carbocycles. The van der Waals surface area contributed by atoms with Gasteiger partial charge in [0.2, 0.25) is 47.3 Å². The average Bonchev–Trinajstić information content (AvgIpc) is 3.90. The summed E-state index contributed by atoms with van der Waals surface area (Å²) in [4.78, 5) is 146. The number of carbonyl (C=O) groups excluding carboxylic acids is 9. The number of hydrogen-bond acceptors (Lipinski definition) is 11. The van der Waals surface area contributed by atoms with Crippen LogP contribution in [0.1, 0.15) is 129 Å². The van der Waals surface area contributed by atoms with Crippen LogP contribution in [0.5, 0.6) is 0 Å².